The third-order valence-electron chi connectivity index (χ3n) is 3.48. The van der Waals surface area contributed by atoms with Gasteiger partial charge < -0.3 is 10.4 Å². The molecule has 0 aliphatic carbocycles. The van der Waals surface area contributed by atoms with Crippen molar-refractivity contribution in [3.05, 3.63) is 40.7 Å². The molecule has 2 aromatic rings. The Morgan fingerprint density at radius 3 is 2.67 bits per heavy atom. The Balaban J connectivity index is 2.34. The van der Waals surface area contributed by atoms with E-state index in [1.165, 1.54) is 12.3 Å². The Hall–Kier alpha value is -2.21. The third-order valence-corrected chi connectivity index (χ3v) is 3.48. The highest BCUT2D eigenvalue weighted by atomic mass is 16.6. The summed E-state index contributed by atoms with van der Waals surface area (Å²) in [7, 11) is 0. The van der Waals surface area contributed by atoms with Gasteiger partial charge in [-0.05, 0) is 17.5 Å². The number of pyridine rings is 1. The molecule has 1 atom stereocenters. The molecule has 0 saturated heterocycles. The van der Waals surface area contributed by atoms with Crippen molar-refractivity contribution in [3.8, 4) is 0 Å². The molecule has 0 fully saturated rings. The minimum atomic E-state index is -0.524. The summed E-state index contributed by atoms with van der Waals surface area (Å²) < 4.78 is 0. The van der Waals surface area contributed by atoms with E-state index in [4.69, 9.17) is 0 Å². The van der Waals surface area contributed by atoms with E-state index in [1.807, 2.05) is 20.8 Å². The van der Waals surface area contributed by atoms with Gasteiger partial charge in [-0.1, -0.05) is 20.8 Å². The molecule has 2 N–H and O–H groups in total. The van der Waals surface area contributed by atoms with Crippen LogP contribution in [0.5, 0.6) is 0 Å². The number of nitro groups is 1. The molecule has 1 aromatic heterocycles. The maximum absolute atomic E-state index is 11.0. The van der Waals surface area contributed by atoms with Gasteiger partial charge in [0, 0.05) is 36.1 Å². The number of nitrogens with one attached hydrogen (secondary N) is 1. The molecule has 0 bridgehead atoms. The van der Waals surface area contributed by atoms with Gasteiger partial charge in [-0.3, -0.25) is 15.1 Å². The van der Waals surface area contributed by atoms with Crippen LogP contribution >= 0.6 is 0 Å². The Morgan fingerprint density at radius 2 is 2.05 bits per heavy atom. The Labute approximate surface area is 123 Å². The van der Waals surface area contributed by atoms with Gasteiger partial charge in [-0.15, -0.1) is 0 Å². The first-order valence-electron chi connectivity index (χ1n) is 6.74. The Morgan fingerprint density at radius 1 is 1.33 bits per heavy atom. The van der Waals surface area contributed by atoms with Crippen molar-refractivity contribution in [2.75, 3.05) is 11.9 Å². The van der Waals surface area contributed by atoms with E-state index < -0.39 is 11.0 Å². The number of aliphatic hydroxyl groups is 1. The number of hydrogen-bond acceptors (Lipinski definition) is 5. The Kier molecular flexibility index (Phi) is 4.09. The van der Waals surface area contributed by atoms with Crippen LogP contribution in [0.15, 0.2) is 30.6 Å². The molecule has 0 amide bonds. The minimum Gasteiger partial charge on any atom is -0.391 e. The van der Waals surface area contributed by atoms with Gasteiger partial charge >= 0.3 is 0 Å². The number of aromatic nitrogens is 1. The number of hydrogen-bond donors (Lipinski definition) is 2. The normalized spacial score (nSPS) is 13.1. The van der Waals surface area contributed by atoms with Gasteiger partial charge in [-0.25, -0.2) is 0 Å². The molecule has 21 heavy (non-hydrogen) atoms. The van der Waals surface area contributed by atoms with Crippen molar-refractivity contribution in [2.24, 2.45) is 5.41 Å². The third kappa shape index (κ3) is 3.28. The smallest absolute Gasteiger partial charge is 0.278 e. The van der Waals surface area contributed by atoms with Crippen LogP contribution in [0.3, 0.4) is 0 Å². The fourth-order valence-electron chi connectivity index (χ4n) is 2.00. The number of rotatable bonds is 4. The van der Waals surface area contributed by atoms with E-state index in [1.54, 1.807) is 18.3 Å². The molecule has 0 aliphatic heterocycles. The van der Waals surface area contributed by atoms with Crippen molar-refractivity contribution < 1.29 is 10.0 Å². The minimum absolute atomic E-state index is 0.0278. The van der Waals surface area contributed by atoms with E-state index in [0.717, 1.165) is 11.1 Å². The topological polar surface area (TPSA) is 88.3 Å². The number of nitrogens with zero attached hydrogens (tertiary/aromatic N) is 2. The summed E-state index contributed by atoms with van der Waals surface area (Å²) in [6.07, 6.45) is 2.56. The quantitative estimate of drug-likeness (QED) is 0.667. The lowest BCUT2D eigenvalue weighted by Gasteiger charge is -2.26. The average Bonchev–Trinajstić information content (AvgIpc) is 2.42. The molecule has 112 valence electrons. The summed E-state index contributed by atoms with van der Waals surface area (Å²) in [5, 5.41) is 25.5. The van der Waals surface area contributed by atoms with Crippen LogP contribution in [0.2, 0.25) is 0 Å². The van der Waals surface area contributed by atoms with Crippen LogP contribution in [-0.2, 0) is 0 Å². The van der Waals surface area contributed by atoms with Gasteiger partial charge in [0.25, 0.3) is 5.69 Å². The molecular formula is C15H19N3O3. The SMILES string of the molecule is CC(C)(C)C(O)CNc1ccc([N+](=O)[O-])c2cnccc12. The zero-order valence-electron chi connectivity index (χ0n) is 12.3. The molecular weight excluding hydrogens is 270 g/mol. The standard InChI is InChI=1S/C15H19N3O3/c1-15(2,3)14(19)9-17-12-4-5-13(18(20)21)11-8-16-7-6-10(11)12/h4-8,14,17,19H,9H2,1-3H3. The summed E-state index contributed by atoms with van der Waals surface area (Å²) in [5.41, 5.74) is 0.548. The largest absolute Gasteiger partial charge is 0.391 e. The number of non-ortho nitro benzene ring substituents is 1. The first-order chi connectivity index (χ1) is 9.80. The molecule has 0 aliphatic rings. The predicted molar refractivity (Wildman–Crippen MR) is 82.3 cm³/mol. The lowest BCUT2D eigenvalue weighted by Crippen LogP contribution is -2.32. The monoisotopic (exact) mass is 289 g/mol. The number of anilines is 1. The summed E-state index contributed by atoms with van der Waals surface area (Å²) in [4.78, 5) is 14.6. The van der Waals surface area contributed by atoms with Crippen LogP contribution in [-0.4, -0.2) is 27.7 Å². The van der Waals surface area contributed by atoms with E-state index in [-0.39, 0.29) is 11.1 Å². The second kappa shape index (κ2) is 5.65. The van der Waals surface area contributed by atoms with E-state index in [2.05, 4.69) is 10.3 Å². The summed E-state index contributed by atoms with van der Waals surface area (Å²) in [6.45, 7) is 6.24. The number of benzene rings is 1. The number of aliphatic hydroxyl groups excluding tert-OH is 1. The van der Waals surface area contributed by atoms with E-state index >= 15 is 0 Å². The summed E-state index contributed by atoms with van der Waals surface area (Å²) in [5.74, 6) is 0. The highest BCUT2D eigenvalue weighted by molar-refractivity contribution is 5.99. The first-order valence-corrected chi connectivity index (χ1v) is 6.74. The molecule has 1 unspecified atom stereocenters. The van der Waals surface area contributed by atoms with Crippen LogP contribution in [0, 0.1) is 15.5 Å². The fraction of sp³-hybridized carbons (Fsp3) is 0.400. The maximum atomic E-state index is 11.0. The zero-order valence-corrected chi connectivity index (χ0v) is 12.3. The molecule has 6 heteroatoms. The Bertz CT molecular complexity index is 665. The molecule has 1 heterocycles. The fourth-order valence-corrected chi connectivity index (χ4v) is 2.00. The lowest BCUT2D eigenvalue weighted by atomic mass is 9.89. The highest BCUT2D eigenvalue weighted by Gasteiger charge is 2.22. The van der Waals surface area contributed by atoms with Gasteiger partial charge in [0.15, 0.2) is 0 Å². The highest BCUT2D eigenvalue weighted by Crippen LogP contribution is 2.31. The molecule has 1 aromatic carbocycles. The number of fused-ring (bicyclic) bond motifs is 1. The molecule has 0 saturated carbocycles. The van der Waals surface area contributed by atoms with E-state index in [9.17, 15) is 15.2 Å². The average molecular weight is 289 g/mol. The van der Waals surface area contributed by atoms with Crippen LogP contribution in [0.25, 0.3) is 10.8 Å². The molecule has 2 rings (SSSR count). The van der Waals surface area contributed by atoms with Gasteiger partial charge in [-0.2, -0.15) is 0 Å². The van der Waals surface area contributed by atoms with Crippen molar-refractivity contribution in [2.45, 2.75) is 26.9 Å². The lowest BCUT2D eigenvalue weighted by molar-refractivity contribution is -0.383. The zero-order chi connectivity index (χ0) is 15.6. The number of nitro benzene ring substituents is 1. The maximum Gasteiger partial charge on any atom is 0.278 e. The van der Waals surface area contributed by atoms with Crippen molar-refractivity contribution in [1.82, 2.24) is 4.98 Å². The molecule has 0 spiro atoms. The van der Waals surface area contributed by atoms with Crippen LogP contribution in [0.1, 0.15) is 20.8 Å². The predicted octanol–water partition coefficient (Wildman–Crippen LogP) is 2.96. The molecule has 6 nitrogen and oxygen atoms in total. The van der Waals surface area contributed by atoms with Crippen LogP contribution in [0.4, 0.5) is 11.4 Å². The van der Waals surface area contributed by atoms with Crippen molar-refractivity contribution in [1.29, 1.82) is 0 Å². The van der Waals surface area contributed by atoms with Gasteiger partial charge in [0.1, 0.15) is 0 Å². The second-order valence-electron chi connectivity index (χ2n) is 6.07. The van der Waals surface area contributed by atoms with E-state index in [0.29, 0.717) is 11.9 Å². The van der Waals surface area contributed by atoms with Crippen molar-refractivity contribution >= 4 is 22.1 Å². The van der Waals surface area contributed by atoms with Gasteiger partial charge in [0.2, 0.25) is 0 Å². The van der Waals surface area contributed by atoms with Crippen LogP contribution < -0.4 is 5.32 Å². The molecule has 0 radical (unpaired) electrons. The first kappa shape index (κ1) is 15.2. The van der Waals surface area contributed by atoms with Gasteiger partial charge in [0.05, 0.1) is 16.4 Å². The summed E-state index contributed by atoms with van der Waals surface area (Å²) in [6, 6.07) is 4.85. The summed E-state index contributed by atoms with van der Waals surface area (Å²) >= 11 is 0. The second-order valence-corrected chi connectivity index (χ2v) is 6.07. The van der Waals surface area contributed by atoms with Crippen molar-refractivity contribution in [3.63, 3.8) is 0 Å².